The lowest BCUT2D eigenvalue weighted by Gasteiger charge is -2.06. The number of hydrogen-bond donors (Lipinski definition) is 1. The Bertz CT molecular complexity index is 505. The Morgan fingerprint density at radius 3 is 2.82 bits per heavy atom. The first-order valence-corrected chi connectivity index (χ1v) is 6.56. The SMILES string of the molecule is CNCCCCn1ccc2c(Cl)cc(Cl)cc21. The summed E-state index contributed by atoms with van der Waals surface area (Å²) in [4.78, 5) is 0. The third-order valence-corrected chi connectivity index (χ3v) is 3.41. The molecule has 0 atom stereocenters. The number of unbranched alkanes of at least 4 members (excludes halogenated alkanes) is 1. The van der Waals surface area contributed by atoms with Gasteiger partial charge in [-0.15, -0.1) is 0 Å². The van der Waals surface area contributed by atoms with E-state index >= 15 is 0 Å². The molecule has 0 saturated carbocycles. The highest BCUT2D eigenvalue weighted by Crippen LogP contribution is 2.28. The summed E-state index contributed by atoms with van der Waals surface area (Å²) >= 11 is 12.2. The van der Waals surface area contributed by atoms with Gasteiger partial charge in [-0.05, 0) is 44.6 Å². The fourth-order valence-corrected chi connectivity index (χ4v) is 2.54. The molecule has 2 aromatic rings. The normalized spacial score (nSPS) is 11.2. The van der Waals surface area contributed by atoms with Crippen molar-refractivity contribution in [1.29, 1.82) is 0 Å². The molecule has 2 nitrogen and oxygen atoms in total. The second-order valence-corrected chi connectivity index (χ2v) is 4.98. The fraction of sp³-hybridized carbons (Fsp3) is 0.385. The predicted octanol–water partition coefficient (Wildman–Crippen LogP) is 3.95. The first-order chi connectivity index (χ1) is 8.22. The van der Waals surface area contributed by atoms with Crippen molar-refractivity contribution in [3.8, 4) is 0 Å². The molecular weight excluding hydrogens is 255 g/mol. The Morgan fingerprint density at radius 2 is 2.06 bits per heavy atom. The maximum atomic E-state index is 6.15. The molecule has 0 aliphatic rings. The van der Waals surface area contributed by atoms with Crippen molar-refractivity contribution in [2.24, 2.45) is 0 Å². The highest BCUT2D eigenvalue weighted by molar-refractivity contribution is 6.38. The Kier molecular flexibility index (Phi) is 4.32. The summed E-state index contributed by atoms with van der Waals surface area (Å²) in [5, 5.41) is 5.64. The zero-order chi connectivity index (χ0) is 12.3. The molecule has 2 rings (SSSR count). The van der Waals surface area contributed by atoms with Gasteiger partial charge in [-0.25, -0.2) is 0 Å². The second-order valence-electron chi connectivity index (χ2n) is 4.14. The number of nitrogens with one attached hydrogen (secondary N) is 1. The van der Waals surface area contributed by atoms with Crippen LogP contribution in [-0.2, 0) is 6.54 Å². The molecule has 0 aliphatic heterocycles. The molecule has 1 heterocycles. The molecule has 0 fully saturated rings. The van der Waals surface area contributed by atoms with Gasteiger partial charge in [0.15, 0.2) is 0 Å². The largest absolute Gasteiger partial charge is 0.347 e. The van der Waals surface area contributed by atoms with E-state index in [4.69, 9.17) is 23.2 Å². The van der Waals surface area contributed by atoms with Crippen molar-refractivity contribution in [2.45, 2.75) is 19.4 Å². The lowest BCUT2D eigenvalue weighted by molar-refractivity contribution is 0.603. The first-order valence-electron chi connectivity index (χ1n) is 5.81. The maximum Gasteiger partial charge on any atom is 0.0514 e. The van der Waals surface area contributed by atoms with Crippen LogP contribution in [0.15, 0.2) is 24.4 Å². The van der Waals surface area contributed by atoms with Gasteiger partial charge in [-0.2, -0.15) is 0 Å². The van der Waals surface area contributed by atoms with Crippen LogP contribution >= 0.6 is 23.2 Å². The summed E-state index contributed by atoms with van der Waals surface area (Å²) in [7, 11) is 1.98. The molecule has 0 radical (unpaired) electrons. The molecule has 4 heteroatoms. The van der Waals surface area contributed by atoms with Crippen LogP contribution in [0.2, 0.25) is 10.0 Å². The van der Waals surface area contributed by atoms with Crippen molar-refractivity contribution in [3.63, 3.8) is 0 Å². The predicted molar refractivity (Wildman–Crippen MR) is 75.1 cm³/mol. The molecule has 17 heavy (non-hydrogen) atoms. The molecule has 1 N–H and O–H groups in total. The molecule has 0 aliphatic carbocycles. The van der Waals surface area contributed by atoms with Gasteiger partial charge in [0.1, 0.15) is 0 Å². The van der Waals surface area contributed by atoms with E-state index in [9.17, 15) is 0 Å². The summed E-state index contributed by atoms with van der Waals surface area (Å²) in [6.45, 7) is 2.06. The van der Waals surface area contributed by atoms with E-state index < -0.39 is 0 Å². The van der Waals surface area contributed by atoms with E-state index in [-0.39, 0.29) is 0 Å². The zero-order valence-electron chi connectivity index (χ0n) is 9.84. The highest BCUT2D eigenvalue weighted by Gasteiger charge is 2.05. The van der Waals surface area contributed by atoms with Crippen LogP contribution < -0.4 is 5.32 Å². The zero-order valence-corrected chi connectivity index (χ0v) is 11.4. The summed E-state index contributed by atoms with van der Waals surface area (Å²) in [6.07, 6.45) is 4.39. The second kappa shape index (κ2) is 5.76. The van der Waals surface area contributed by atoms with E-state index in [2.05, 4.69) is 16.1 Å². The third kappa shape index (κ3) is 2.95. The standard InChI is InChI=1S/C13H16Cl2N2/c1-16-5-2-3-6-17-7-4-11-12(15)8-10(14)9-13(11)17/h4,7-9,16H,2-3,5-6H2,1H3. The van der Waals surface area contributed by atoms with Gasteiger partial charge < -0.3 is 9.88 Å². The Labute approximate surface area is 112 Å². The van der Waals surface area contributed by atoms with Crippen LogP contribution in [-0.4, -0.2) is 18.2 Å². The Hall–Kier alpha value is -0.700. The smallest absolute Gasteiger partial charge is 0.0514 e. The van der Waals surface area contributed by atoms with Crippen LogP contribution in [0, 0.1) is 0 Å². The summed E-state index contributed by atoms with van der Waals surface area (Å²) < 4.78 is 2.21. The van der Waals surface area contributed by atoms with Crippen molar-refractivity contribution in [3.05, 3.63) is 34.4 Å². The molecule has 0 saturated heterocycles. The summed E-state index contributed by atoms with van der Waals surface area (Å²) in [6, 6.07) is 5.81. The molecule has 92 valence electrons. The molecule has 0 amide bonds. The van der Waals surface area contributed by atoms with Gasteiger partial charge in [0.05, 0.1) is 10.5 Å². The molecule has 1 aromatic heterocycles. The number of aryl methyl sites for hydroxylation is 1. The minimum absolute atomic E-state index is 0.692. The number of hydrogen-bond acceptors (Lipinski definition) is 1. The lowest BCUT2D eigenvalue weighted by atomic mass is 10.2. The van der Waals surface area contributed by atoms with Crippen LogP contribution in [0.1, 0.15) is 12.8 Å². The molecular formula is C13H16Cl2N2. The highest BCUT2D eigenvalue weighted by atomic mass is 35.5. The third-order valence-electron chi connectivity index (χ3n) is 2.88. The molecule has 1 aromatic carbocycles. The van der Waals surface area contributed by atoms with Gasteiger partial charge in [0.2, 0.25) is 0 Å². The van der Waals surface area contributed by atoms with Gasteiger partial charge in [-0.1, -0.05) is 23.2 Å². The molecule has 0 bridgehead atoms. The number of aromatic nitrogens is 1. The fourth-order valence-electron chi connectivity index (χ4n) is 2.00. The molecule has 0 unspecified atom stereocenters. The average molecular weight is 271 g/mol. The van der Waals surface area contributed by atoms with Crippen LogP contribution in [0.3, 0.4) is 0 Å². The first kappa shape index (κ1) is 12.7. The number of rotatable bonds is 5. The van der Waals surface area contributed by atoms with Crippen LogP contribution in [0.4, 0.5) is 0 Å². The van der Waals surface area contributed by atoms with Crippen molar-refractivity contribution >= 4 is 34.1 Å². The van der Waals surface area contributed by atoms with Gasteiger partial charge >= 0.3 is 0 Å². The van der Waals surface area contributed by atoms with Crippen molar-refractivity contribution in [1.82, 2.24) is 9.88 Å². The number of halogens is 2. The van der Waals surface area contributed by atoms with Crippen LogP contribution in [0.5, 0.6) is 0 Å². The summed E-state index contributed by atoms with van der Waals surface area (Å²) in [5.41, 5.74) is 1.12. The summed E-state index contributed by atoms with van der Waals surface area (Å²) in [5.74, 6) is 0. The topological polar surface area (TPSA) is 17.0 Å². The maximum absolute atomic E-state index is 6.15. The van der Waals surface area contributed by atoms with Gasteiger partial charge in [-0.3, -0.25) is 0 Å². The van der Waals surface area contributed by atoms with E-state index in [0.29, 0.717) is 5.02 Å². The van der Waals surface area contributed by atoms with E-state index in [1.54, 1.807) is 6.07 Å². The minimum Gasteiger partial charge on any atom is -0.347 e. The number of nitrogens with zero attached hydrogens (tertiary/aromatic N) is 1. The minimum atomic E-state index is 0.692. The monoisotopic (exact) mass is 270 g/mol. The lowest BCUT2D eigenvalue weighted by Crippen LogP contribution is -2.08. The van der Waals surface area contributed by atoms with E-state index in [1.165, 1.54) is 6.42 Å². The van der Waals surface area contributed by atoms with E-state index in [1.807, 2.05) is 19.2 Å². The van der Waals surface area contributed by atoms with Gasteiger partial charge in [0.25, 0.3) is 0 Å². The average Bonchev–Trinajstić information content (AvgIpc) is 2.68. The Morgan fingerprint density at radius 1 is 1.24 bits per heavy atom. The van der Waals surface area contributed by atoms with E-state index in [0.717, 1.165) is 35.4 Å². The Balaban J connectivity index is 2.18. The quantitative estimate of drug-likeness (QED) is 0.815. The van der Waals surface area contributed by atoms with Crippen molar-refractivity contribution in [2.75, 3.05) is 13.6 Å². The molecule has 0 spiro atoms. The van der Waals surface area contributed by atoms with Gasteiger partial charge in [0, 0.05) is 23.2 Å². The number of fused-ring (bicyclic) bond motifs is 1. The van der Waals surface area contributed by atoms with Crippen LogP contribution in [0.25, 0.3) is 10.9 Å². The number of benzene rings is 1. The van der Waals surface area contributed by atoms with Crippen molar-refractivity contribution < 1.29 is 0 Å².